The first-order chi connectivity index (χ1) is 13.4. The Morgan fingerprint density at radius 1 is 1.14 bits per heavy atom. The van der Waals surface area contributed by atoms with Gasteiger partial charge in [-0.3, -0.25) is 9.59 Å². The van der Waals surface area contributed by atoms with Gasteiger partial charge in [-0.15, -0.1) is 11.3 Å². The normalized spacial score (nSPS) is 10.4. The van der Waals surface area contributed by atoms with Crippen LogP contribution in [-0.4, -0.2) is 16.8 Å². The summed E-state index contributed by atoms with van der Waals surface area (Å²) in [6.45, 7) is 3.57. The van der Waals surface area contributed by atoms with E-state index in [0.29, 0.717) is 32.8 Å². The van der Waals surface area contributed by atoms with Crippen molar-refractivity contribution in [1.29, 1.82) is 0 Å². The van der Waals surface area contributed by atoms with Gasteiger partial charge in [0.25, 0.3) is 5.91 Å². The van der Waals surface area contributed by atoms with Gasteiger partial charge >= 0.3 is 0 Å². The minimum atomic E-state index is -0.322. The molecule has 0 atom stereocenters. The van der Waals surface area contributed by atoms with Crippen molar-refractivity contribution in [2.75, 3.05) is 10.6 Å². The monoisotopic (exact) mass is 415 g/mol. The largest absolute Gasteiger partial charge is 0.486 e. The third kappa shape index (κ3) is 5.31. The van der Waals surface area contributed by atoms with Crippen molar-refractivity contribution < 1.29 is 14.3 Å². The summed E-state index contributed by atoms with van der Waals surface area (Å²) in [5, 5.41) is 8.53. The van der Waals surface area contributed by atoms with Crippen molar-refractivity contribution in [2.45, 2.75) is 20.5 Å². The van der Waals surface area contributed by atoms with E-state index in [2.05, 4.69) is 15.6 Å². The Kier molecular flexibility index (Phi) is 6.28. The van der Waals surface area contributed by atoms with Crippen molar-refractivity contribution in [2.24, 2.45) is 0 Å². The van der Waals surface area contributed by atoms with Gasteiger partial charge in [0.2, 0.25) is 5.91 Å². The molecule has 8 heteroatoms. The van der Waals surface area contributed by atoms with Crippen molar-refractivity contribution in [3.8, 4) is 5.75 Å². The minimum Gasteiger partial charge on any atom is -0.486 e. The average molecular weight is 416 g/mol. The highest BCUT2D eigenvalue weighted by Gasteiger charge is 2.13. The zero-order chi connectivity index (χ0) is 20.1. The Morgan fingerprint density at radius 2 is 1.89 bits per heavy atom. The Morgan fingerprint density at radius 3 is 2.61 bits per heavy atom. The molecule has 3 rings (SSSR count). The maximum Gasteiger partial charge on any atom is 0.275 e. The maximum atomic E-state index is 12.5. The minimum absolute atomic E-state index is 0.175. The molecule has 3 aromatic rings. The van der Waals surface area contributed by atoms with Crippen molar-refractivity contribution >= 4 is 46.1 Å². The van der Waals surface area contributed by atoms with Crippen LogP contribution in [0.15, 0.2) is 47.8 Å². The number of hydrogen-bond acceptors (Lipinski definition) is 5. The molecule has 0 unspecified atom stereocenters. The second kappa shape index (κ2) is 8.86. The van der Waals surface area contributed by atoms with E-state index >= 15 is 0 Å². The molecule has 0 saturated carbocycles. The molecular formula is C20H18ClN3O3S. The first-order valence-electron chi connectivity index (χ1n) is 8.43. The molecule has 0 aliphatic rings. The molecular weight excluding hydrogens is 398 g/mol. The molecule has 0 aliphatic heterocycles. The third-order valence-electron chi connectivity index (χ3n) is 3.77. The van der Waals surface area contributed by atoms with Gasteiger partial charge in [0.05, 0.1) is 0 Å². The van der Waals surface area contributed by atoms with Crippen LogP contribution in [0, 0.1) is 6.92 Å². The zero-order valence-corrected chi connectivity index (χ0v) is 16.9. The lowest BCUT2D eigenvalue weighted by molar-refractivity contribution is -0.114. The average Bonchev–Trinajstić information content (AvgIpc) is 3.13. The molecule has 6 nitrogen and oxygen atoms in total. The van der Waals surface area contributed by atoms with Gasteiger partial charge in [0.1, 0.15) is 23.1 Å². The second-order valence-corrected chi connectivity index (χ2v) is 7.41. The number of amides is 2. The van der Waals surface area contributed by atoms with Gasteiger partial charge in [0.15, 0.2) is 0 Å². The lowest BCUT2D eigenvalue weighted by Gasteiger charge is -2.10. The fourth-order valence-corrected chi connectivity index (χ4v) is 3.19. The van der Waals surface area contributed by atoms with Crippen molar-refractivity contribution in [3.63, 3.8) is 0 Å². The quantitative estimate of drug-likeness (QED) is 0.600. The molecule has 144 valence electrons. The summed E-state index contributed by atoms with van der Waals surface area (Å²) in [4.78, 5) is 28.1. The number of nitrogens with one attached hydrogen (secondary N) is 2. The summed E-state index contributed by atoms with van der Waals surface area (Å²) < 4.78 is 5.65. The standard InChI is InChI=1S/C20H18ClN3O3S/c1-12-3-6-15(22-13(2)25)9-17(12)24-20(26)18-11-28-19(23-18)10-27-16-7-4-14(21)5-8-16/h3-9,11H,10H2,1-2H3,(H,22,25)(H,24,26). The number of hydrogen-bond donors (Lipinski definition) is 2. The Labute approximate surface area is 171 Å². The number of carbonyl (C=O) groups is 2. The number of nitrogens with zero attached hydrogens (tertiary/aromatic N) is 1. The van der Waals surface area contributed by atoms with Crippen LogP contribution in [-0.2, 0) is 11.4 Å². The van der Waals surface area contributed by atoms with Gasteiger partial charge in [-0.05, 0) is 48.9 Å². The summed E-state index contributed by atoms with van der Waals surface area (Å²) in [5.41, 5.74) is 2.42. The summed E-state index contributed by atoms with van der Waals surface area (Å²) in [6.07, 6.45) is 0. The first-order valence-corrected chi connectivity index (χ1v) is 9.69. The highest BCUT2D eigenvalue weighted by atomic mass is 35.5. The molecule has 0 spiro atoms. The topological polar surface area (TPSA) is 80.3 Å². The number of thiazole rings is 1. The van der Waals surface area contributed by atoms with E-state index in [9.17, 15) is 9.59 Å². The molecule has 0 radical (unpaired) electrons. The molecule has 0 fully saturated rings. The highest BCUT2D eigenvalue weighted by Crippen LogP contribution is 2.22. The lowest BCUT2D eigenvalue weighted by Crippen LogP contribution is -2.14. The summed E-state index contributed by atoms with van der Waals surface area (Å²) in [5.74, 6) is 0.180. The number of carbonyl (C=O) groups excluding carboxylic acids is 2. The first kappa shape index (κ1) is 19.9. The lowest BCUT2D eigenvalue weighted by atomic mass is 10.1. The van der Waals surface area contributed by atoms with Gasteiger partial charge < -0.3 is 15.4 Å². The molecule has 2 N–H and O–H groups in total. The number of rotatable bonds is 6. The summed E-state index contributed by atoms with van der Waals surface area (Å²) in [6, 6.07) is 12.4. The molecule has 1 aromatic heterocycles. The fourth-order valence-electron chi connectivity index (χ4n) is 2.38. The van der Waals surface area contributed by atoms with E-state index < -0.39 is 0 Å². The number of halogens is 1. The van der Waals surface area contributed by atoms with Gasteiger partial charge in [0, 0.05) is 28.7 Å². The van der Waals surface area contributed by atoms with Crippen LogP contribution in [0.25, 0.3) is 0 Å². The SMILES string of the molecule is CC(=O)Nc1ccc(C)c(NC(=O)c2csc(COc3ccc(Cl)cc3)n2)c1. The molecule has 2 amide bonds. The number of aromatic nitrogens is 1. The second-order valence-electron chi connectivity index (χ2n) is 6.03. The molecule has 28 heavy (non-hydrogen) atoms. The van der Waals surface area contributed by atoms with E-state index in [1.54, 1.807) is 41.8 Å². The Balaban J connectivity index is 1.64. The summed E-state index contributed by atoms with van der Waals surface area (Å²) in [7, 11) is 0. The van der Waals surface area contributed by atoms with Gasteiger partial charge in [-0.1, -0.05) is 17.7 Å². The van der Waals surface area contributed by atoms with Gasteiger partial charge in [-0.25, -0.2) is 4.98 Å². The third-order valence-corrected chi connectivity index (χ3v) is 4.84. The number of ether oxygens (including phenoxy) is 1. The molecule has 1 heterocycles. The van der Waals surface area contributed by atoms with E-state index in [1.807, 2.05) is 13.0 Å². The number of anilines is 2. The fraction of sp³-hybridized carbons (Fsp3) is 0.150. The maximum absolute atomic E-state index is 12.5. The number of aryl methyl sites for hydroxylation is 1. The molecule has 2 aromatic carbocycles. The van der Waals surface area contributed by atoms with Crippen LogP contribution in [0.5, 0.6) is 5.75 Å². The van der Waals surface area contributed by atoms with Crippen LogP contribution < -0.4 is 15.4 Å². The number of benzene rings is 2. The van der Waals surface area contributed by atoms with Crippen LogP contribution in [0.2, 0.25) is 5.02 Å². The highest BCUT2D eigenvalue weighted by molar-refractivity contribution is 7.09. The zero-order valence-electron chi connectivity index (χ0n) is 15.3. The van der Waals surface area contributed by atoms with Crippen LogP contribution >= 0.6 is 22.9 Å². The van der Waals surface area contributed by atoms with E-state index in [-0.39, 0.29) is 18.4 Å². The van der Waals surface area contributed by atoms with Crippen molar-refractivity contribution in [3.05, 3.63) is 69.1 Å². The van der Waals surface area contributed by atoms with E-state index in [0.717, 1.165) is 5.56 Å². The predicted molar refractivity (Wildman–Crippen MR) is 111 cm³/mol. The van der Waals surface area contributed by atoms with E-state index in [1.165, 1.54) is 18.3 Å². The van der Waals surface area contributed by atoms with Crippen LogP contribution in [0.1, 0.15) is 28.0 Å². The van der Waals surface area contributed by atoms with E-state index in [4.69, 9.17) is 16.3 Å². The van der Waals surface area contributed by atoms with Crippen molar-refractivity contribution in [1.82, 2.24) is 4.98 Å². The predicted octanol–water partition coefficient (Wildman–Crippen LogP) is 4.89. The molecule has 0 bridgehead atoms. The van der Waals surface area contributed by atoms with Gasteiger partial charge in [-0.2, -0.15) is 0 Å². The van der Waals surface area contributed by atoms with Crippen LogP contribution in [0.4, 0.5) is 11.4 Å². The Hall–Kier alpha value is -2.90. The van der Waals surface area contributed by atoms with Crippen LogP contribution in [0.3, 0.4) is 0 Å². The smallest absolute Gasteiger partial charge is 0.275 e. The summed E-state index contributed by atoms with van der Waals surface area (Å²) >= 11 is 7.19. The molecule has 0 aliphatic carbocycles. The Bertz CT molecular complexity index is 1000. The molecule has 0 saturated heterocycles.